The van der Waals surface area contributed by atoms with Crippen LogP contribution < -0.4 is 11.1 Å². The summed E-state index contributed by atoms with van der Waals surface area (Å²) in [5.41, 5.74) is 6.62. The van der Waals surface area contributed by atoms with Crippen LogP contribution in [-0.2, 0) is 0 Å². The molecule has 0 bridgehead atoms. The number of aromatic nitrogens is 2. The Morgan fingerprint density at radius 3 is 3.00 bits per heavy atom. The van der Waals surface area contributed by atoms with E-state index in [1.807, 2.05) is 0 Å². The fourth-order valence-electron chi connectivity index (χ4n) is 1.23. The lowest BCUT2D eigenvalue weighted by Crippen LogP contribution is -2.13. The van der Waals surface area contributed by atoms with Crippen molar-refractivity contribution in [3.8, 4) is 0 Å². The molecule has 0 unspecified atom stereocenters. The maximum absolute atomic E-state index is 11.8. The maximum atomic E-state index is 11.8. The number of nitrogens with two attached hydrogens (primary N) is 1. The zero-order chi connectivity index (χ0) is 11.5. The van der Waals surface area contributed by atoms with Crippen molar-refractivity contribution in [2.75, 3.05) is 11.1 Å². The molecule has 0 radical (unpaired) electrons. The first-order valence-electron chi connectivity index (χ1n) is 4.52. The summed E-state index contributed by atoms with van der Waals surface area (Å²) in [7, 11) is 0. The maximum Gasteiger partial charge on any atom is 0.259 e. The number of nitrogens with one attached hydrogen (secondary N) is 2. The summed E-state index contributed by atoms with van der Waals surface area (Å²) >= 11 is 3.29. The van der Waals surface area contributed by atoms with E-state index < -0.39 is 0 Å². The second-order valence-electron chi connectivity index (χ2n) is 3.13. The summed E-state index contributed by atoms with van der Waals surface area (Å²) in [6.45, 7) is 0. The normalized spacial score (nSPS) is 10.1. The van der Waals surface area contributed by atoms with Crippen molar-refractivity contribution in [1.82, 2.24) is 9.97 Å². The zero-order valence-electron chi connectivity index (χ0n) is 8.20. The predicted octanol–water partition coefficient (Wildman–Crippen LogP) is 2.01. The SMILES string of the molecule is Nc1ccc(Br)c(C(=O)Nc2ncc[nH]2)c1. The lowest BCUT2D eigenvalue weighted by atomic mass is 10.2. The van der Waals surface area contributed by atoms with Gasteiger partial charge < -0.3 is 10.7 Å². The van der Waals surface area contributed by atoms with Gasteiger partial charge in [0.05, 0.1) is 5.56 Å². The van der Waals surface area contributed by atoms with E-state index in [1.54, 1.807) is 30.6 Å². The highest BCUT2D eigenvalue weighted by atomic mass is 79.9. The molecule has 1 aromatic heterocycles. The smallest absolute Gasteiger partial charge is 0.259 e. The highest BCUT2D eigenvalue weighted by molar-refractivity contribution is 9.10. The van der Waals surface area contributed by atoms with Gasteiger partial charge in [0.15, 0.2) is 0 Å². The average molecular weight is 281 g/mol. The Bertz CT molecular complexity index is 510. The molecule has 5 nitrogen and oxygen atoms in total. The van der Waals surface area contributed by atoms with Crippen molar-refractivity contribution in [3.05, 3.63) is 40.6 Å². The molecule has 0 aliphatic heterocycles. The molecule has 0 aliphatic carbocycles. The summed E-state index contributed by atoms with van der Waals surface area (Å²) in [6.07, 6.45) is 3.19. The Kier molecular flexibility index (Phi) is 2.91. The van der Waals surface area contributed by atoms with Crippen molar-refractivity contribution >= 4 is 33.5 Å². The summed E-state index contributed by atoms with van der Waals surface area (Å²) in [6, 6.07) is 5.04. The molecule has 0 spiro atoms. The van der Waals surface area contributed by atoms with Gasteiger partial charge in [-0.15, -0.1) is 0 Å². The van der Waals surface area contributed by atoms with Crippen LogP contribution in [-0.4, -0.2) is 15.9 Å². The van der Waals surface area contributed by atoms with Crippen LogP contribution in [0.1, 0.15) is 10.4 Å². The van der Waals surface area contributed by atoms with Crippen LogP contribution in [0.25, 0.3) is 0 Å². The number of hydrogen-bond donors (Lipinski definition) is 3. The van der Waals surface area contributed by atoms with Crippen molar-refractivity contribution < 1.29 is 4.79 Å². The van der Waals surface area contributed by atoms with Gasteiger partial charge in [-0.3, -0.25) is 10.1 Å². The molecule has 4 N–H and O–H groups in total. The zero-order valence-corrected chi connectivity index (χ0v) is 9.78. The lowest BCUT2D eigenvalue weighted by Gasteiger charge is -2.05. The molecule has 0 saturated carbocycles. The monoisotopic (exact) mass is 280 g/mol. The number of halogens is 1. The molecule has 16 heavy (non-hydrogen) atoms. The van der Waals surface area contributed by atoms with E-state index in [1.165, 1.54) is 0 Å². The van der Waals surface area contributed by atoms with Gasteiger partial charge >= 0.3 is 0 Å². The van der Waals surface area contributed by atoms with Gasteiger partial charge in [0.1, 0.15) is 0 Å². The molecule has 1 amide bonds. The van der Waals surface area contributed by atoms with Gasteiger partial charge in [-0.25, -0.2) is 4.98 Å². The predicted molar refractivity (Wildman–Crippen MR) is 65.1 cm³/mol. The lowest BCUT2D eigenvalue weighted by molar-refractivity contribution is 0.102. The molecule has 2 rings (SSSR count). The number of amides is 1. The van der Waals surface area contributed by atoms with E-state index in [0.717, 1.165) is 0 Å². The highest BCUT2D eigenvalue weighted by Crippen LogP contribution is 2.20. The fourth-order valence-corrected chi connectivity index (χ4v) is 1.65. The van der Waals surface area contributed by atoms with Crippen LogP contribution in [0.15, 0.2) is 35.1 Å². The van der Waals surface area contributed by atoms with Gasteiger partial charge in [-0.1, -0.05) is 0 Å². The van der Waals surface area contributed by atoms with Crippen molar-refractivity contribution in [2.45, 2.75) is 0 Å². The molecular weight excluding hydrogens is 272 g/mol. The van der Waals surface area contributed by atoms with Crippen LogP contribution in [0.2, 0.25) is 0 Å². The second-order valence-corrected chi connectivity index (χ2v) is 3.99. The van der Waals surface area contributed by atoms with Gasteiger partial charge in [0.25, 0.3) is 5.91 Å². The first kappa shape index (κ1) is 10.7. The fraction of sp³-hybridized carbons (Fsp3) is 0. The van der Waals surface area contributed by atoms with Gasteiger partial charge in [-0.05, 0) is 34.1 Å². The van der Waals surface area contributed by atoms with Gasteiger partial charge in [0, 0.05) is 22.6 Å². The molecule has 0 atom stereocenters. The van der Waals surface area contributed by atoms with Crippen molar-refractivity contribution in [3.63, 3.8) is 0 Å². The number of aromatic amines is 1. The number of hydrogen-bond acceptors (Lipinski definition) is 3. The Hall–Kier alpha value is -1.82. The number of rotatable bonds is 2. The van der Waals surface area contributed by atoms with Crippen LogP contribution in [0, 0.1) is 0 Å². The summed E-state index contributed by atoms with van der Waals surface area (Å²) in [5, 5.41) is 2.62. The molecule has 82 valence electrons. The average Bonchev–Trinajstić information content (AvgIpc) is 2.74. The standard InChI is InChI=1S/C10H9BrN4O/c11-8-2-1-6(12)5-7(8)9(16)15-10-13-3-4-14-10/h1-5H,12H2,(H2,13,14,15,16). The molecule has 0 saturated heterocycles. The topological polar surface area (TPSA) is 83.8 Å². The minimum Gasteiger partial charge on any atom is -0.399 e. The van der Waals surface area contributed by atoms with E-state index in [4.69, 9.17) is 5.73 Å². The Balaban J connectivity index is 2.24. The Labute approximate surface area is 100 Å². The van der Waals surface area contributed by atoms with E-state index >= 15 is 0 Å². The third-order valence-corrected chi connectivity index (χ3v) is 2.66. The summed E-state index contributed by atoms with van der Waals surface area (Å²) < 4.78 is 0.686. The molecule has 1 aromatic carbocycles. The van der Waals surface area contributed by atoms with E-state index in [9.17, 15) is 4.79 Å². The number of benzene rings is 1. The van der Waals surface area contributed by atoms with Crippen LogP contribution in [0.4, 0.5) is 11.6 Å². The third-order valence-electron chi connectivity index (χ3n) is 1.97. The number of carbonyl (C=O) groups is 1. The van der Waals surface area contributed by atoms with Gasteiger partial charge in [-0.2, -0.15) is 0 Å². The minimum atomic E-state index is -0.269. The van der Waals surface area contributed by atoms with Crippen LogP contribution in [0.5, 0.6) is 0 Å². The summed E-state index contributed by atoms with van der Waals surface area (Å²) in [5.74, 6) is 0.133. The van der Waals surface area contributed by atoms with E-state index in [-0.39, 0.29) is 5.91 Å². The first-order chi connectivity index (χ1) is 7.66. The van der Waals surface area contributed by atoms with Crippen LogP contribution in [0.3, 0.4) is 0 Å². The van der Waals surface area contributed by atoms with Crippen molar-refractivity contribution in [1.29, 1.82) is 0 Å². The van der Waals surface area contributed by atoms with Crippen molar-refractivity contribution in [2.24, 2.45) is 0 Å². The number of carbonyl (C=O) groups excluding carboxylic acids is 1. The molecule has 2 aromatic rings. The highest BCUT2D eigenvalue weighted by Gasteiger charge is 2.11. The molecule has 0 fully saturated rings. The summed E-state index contributed by atoms with van der Waals surface area (Å²) in [4.78, 5) is 18.5. The first-order valence-corrected chi connectivity index (χ1v) is 5.32. The second kappa shape index (κ2) is 4.36. The number of nitrogens with zero attached hydrogens (tertiary/aromatic N) is 1. The molecule has 1 heterocycles. The molecular formula is C10H9BrN4O. The number of nitrogen functional groups attached to an aromatic ring is 1. The Morgan fingerprint density at radius 1 is 1.50 bits per heavy atom. The van der Waals surface area contributed by atoms with E-state index in [0.29, 0.717) is 21.7 Å². The Morgan fingerprint density at radius 2 is 2.31 bits per heavy atom. The van der Waals surface area contributed by atoms with E-state index in [2.05, 4.69) is 31.2 Å². The van der Waals surface area contributed by atoms with Gasteiger partial charge in [0.2, 0.25) is 5.95 Å². The quantitative estimate of drug-likeness (QED) is 0.736. The molecule has 6 heteroatoms. The number of imidazole rings is 1. The minimum absolute atomic E-state index is 0.269. The largest absolute Gasteiger partial charge is 0.399 e. The van der Waals surface area contributed by atoms with Crippen LogP contribution >= 0.6 is 15.9 Å². The molecule has 0 aliphatic rings. The third kappa shape index (κ3) is 2.22. The number of H-pyrrole nitrogens is 1. The number of anilines is 2.